The molecule has 6 rings (SSSR count). The summed E-state index contributed by atoms with van der Waals surface area (Å²) < 4.78 is 2.10. The summed E-state index contributed by atoms with van der Waals surface area (Å²) in [4.78, 5) is 17.5. The van der Waals surface area contributed by atoms with Crippen LogP contribution in [-0.4, -0.2) is 33.2 Å². The van der Waals surface area contributed by atoms with Gasteiger partial charge in [0.25, 0.3) is 0 Å². The van der Waals surface area contributed by atoms with E-state index in [1.807, 2.05) is 36.4 Å². The molecule has 2 aromatic heterocycles. The van der Waals surface area contributed by atoms with Gasteiger partial charge in [-0.25, -0.2) is 4.98 Å². The highest BCUT2D eigenvalue weighted by atomic mass is 16.3. The molecule has 4 N–H and O–H groups in total. The molecule has 2 heterocycles. The number of nitrogens with zero attached hydrogens (tertiary/aromatic N) is 2. The lowest BCUT2D eigenvalue weighted by Crippen LogP contribution is -2.32. The predicted octanol–water partition coefficient (Wildman–Crippen LogP) is 7.48. The normalized spacial score (nSPS) is 12.5. The Hall–Kier alpha value is -5.34. The third-order valence-electron chi connectivity index (χ3n) is 9.50. The number of hydrogen-bond donors (Lipinski definition) is 4. The van der Waals surface area contributed by atoms with Crippen LogP contribution in [0.25, 0.3) is 5.82 Å². The van der Waals surface area contributed by atoms with Crippen molar-refractivity contribution < 1.29 is 9.90 Å². The molecule has 0 aliphatic rings. The van der Waals surface area contributed by atoms with E-state index in [0.29, 0.717) is 19.5 Å². The smallest absolute Gasteiger partial charge is 0.224 e. The Morgan fingerprint density at radius 1 is 0.673 bits per heavy atom. The second-order valence-corrected chi connectivity index (χ2v) is 13.7. The lowest BCUT2D eigenvalue weighted by Gasteiger charge is -2.20. The zero-order valence-corrected chi connectivity index (χ0v) is 30.3. The van der Waals surface area contributed by atoms with E-state index in [-0.39, 0.29) is 18.0 Å². The molecule has 7 heteroatoms. The van der Waals surface area contributed by atoms with Crippen molar-refractivity contribution in [2.75, 3.05) is 6.54 Å². The van der Waals surface area contributed by atoms with Gasteiger partial charge in [-0.15, -0.1) is 0 Å². The number of rotatable bonds is 16. The van der Waals surface area contributed by atoms with Crippen LogP contribution in [0.3, 0.4) is 0 Å². The molecule has 0 saturated heterocycles. The van der Waals surface area contributed by atoms with Gasteiger partial charge in [0, 0.05) is 48.8 Å². The van der Waals surface area contributed by atoms with Crippen LogP contribution < -0.4 is 16.0 Å². The van der Waals surface area contributed by atoms with Crippen molar-refractivity contribution in [1.82, 2.24) is 25.5 Å². The molecule has 0 spiro atoms. The minimum Gasteiger partial charge on any atom is -0.387 e. The summed E-state index contributed by atoms with van der Waals surface area (Å²) >= 11 is 0. The van der Waals surface area contributed by atoms with E-state index < -0.39 is 6.10 Å². The van der Waals surface area contributed by atoms with Crippen molar-refractivity contribution in [3.8, 4) is 5.82 Å². The summed E-state index contributed by atoms with van der Waals surface area (Å²) in [5.74, 6) is 0.841. The summed E-state index contributed by atoms with van der Waals surface area (Å²) in [6.45, 7) is 7.86. The Morgan fingerprint density at radius 2 is 1.29 bits per heavy atom. The molecule has 2 atom stereocenters. The van der Waals surface area contributed by atoms with Crippen LogP contribution in [0.5, 0.6) is 0 Å². The Bertz CT molecular complexity index is 1950. The first-order valence-corrected chi connectivity index (χ1v) is 18.1. The number of aromatic nitrogens is 2. The van der Waals surface area contributed by atoms with Gasteiger partial charge < -0.3 is 25.6 Å². The fourth-order valence-electron chi connectivity index (χ4n) is 6.64. The molecular weight excluding hydrogens is 643 g/mol. The molecule has 0 aliphatic heterocycles. The van der Waals surface area contributed by atoms with Crippen LogP contribution in [0.4, 0.5) is 0 Å². The second-order valence-electron chi connectivity index (χ2n) is 13.7. The van der Waals surface area contributed by atoms with Gasteiger partial charge in [0.15, 0.2) is 0 Å². The lowest BCUT2D eigenvalue weighted by molar-refractivity contribution is -0.120. The number of carbonyl (C=O) groups is 1. The van der Waals surface area contributed by atoms with E-state index in [9.17, 15) is 9.90 Å². The first-order valence-electron chi connectivity index (χ1n) is 18.1. The maximum absolute atomic E-state index is 12.9. The molecule has 52 heavy (non-hydrogen) atoms. The van der Waals surface area contributed by atoms with Gasteiger partial charge >= 0.3 is 0 Å². The van der Waals surface area contributed by atoms with Gasteiger partial charge in [0.05, 0.1) is 18.6 Å². The summed E-state index contributed by atoms with van der Waals surface area (Å²) in [6, 6.07) is 45.9. The number of aliphatic hydroxyl groups is 1. The SMILES string of the molecule is Cc1ccc(C)n1-c1ccc([C@@H](O)CN[C@H](C)Cc2cccc(CC(=O)NCc3ccc(CNC(c4ccccc4)c4ccccc4)cc3)c2)cn1. The maximum Gasteiger partial charge on any atom is 0.224 e. The summed E-state index contributed by atoms with van der Waals surface area (Å²) in [6.07, 6.45) is 2.19. The molecule has 7 nitrogen and oxygen atoms in total. The fraction of sp³-hybridized carbons (Fsp3) is 0.244. The van der Waals surface area contributed by atoms with E-state index >= 15 is 0 Å². The van der Waals surface area contributed by atoms with E-state index in [4.69, 9.17) is 0 Å². The van der Waals surface area contributed by atoms with Gasteiger partial charge in [0.2, 0.25) is 5.91 Å². The van der Waals surface area contributed by atoms with E-state index in [0.717, 1.165) is 52.4 Å². The largest absolute Gasteiger partial charge is 0.387 e. The number of aryl methyl sites for hydroxylation is 2. The molecule has 6 aromatic rings. The minimum atomic E-state index is -0.662. The third-order valence-corrected chi connectivity index (χ3v) is 9.50. The number of aliphatic hydroxyl groups excluding tert-OH is 1. The number of pyridine rings is 1. The van der Waals surface area contributed by atoms with Gasteiger partial charge in [-0.1, -0.05) is 115 Å². The molecule has 0 bridgehead atoms. The van der Waals surface area contributed by atoms with E-state index in [1.165, 1.54) is 16.7 Å². The van der Waals surface area contributed by atoms with Crippen molar-refractivity contribution in [3.63, 3.8) is 0 Å². The van der Waals surface area contributed by atoms with Crippen molar-refractivity contribution in [2.24, 2.45) is 0 Å². The van der Waals surface area contributed by atoms with Crippen LogP contribution in [0.2, 0.25) is 0 Å². The maximum atomic E-state index is 12.9. The van der Waals surface area contributed by atoms with E-state index in [1.54, 1.807) is 6.20 Å². The molecule has 266 valence electrons. The summed E-state index contributed by atoms with van der Waals surface area (Å²) in [5, 5.41) is 21.1. The molecule has 0 aliphatic carbocycles. The zero-order chi connectivity index (χ0) is 36.3. The average molecular weight is 692 g/mol. The van der Waals surface area contributed by atoms with Gasteiger partial charge in [-0.3, -0.25) is 4.79 Å². The van der Waals surface area contributed by atoms with E-state index in [2.05, 4.69) is 143 Å². The quantitative estimate of drug-likeness (QED) is 0.0845. The predicted molar refractivity (Wildman–Crippen MR) is 209 cm³/mol. The number of carbonyl (C=O) groups excluding carboxylic acids is 1. The van der Waals surface area contributed by atoms with Crippen LogP contribution in [0.1, 0.15) is 69.4 Å². The molecule has 0 unspecified atom stereocenters. The monoisotopic (exact) mass is 691 g/mol. The number of benzene rings is 4. The summed E-state index contributed by atoms with van der Waals surface area (Å²) in [7, 11) is 0. The molecule has 1 amide bonds. The third kappa shape index (κ3) is 9.92. The highest BCUT2D eigenvalue weighted by Crippen LogP contribution is 2.23. The van der Waals surface area contributed by atoms with Crippen LogP contribution in [0, 0.1) is 13.8 Å². The van der Waals surface area contributed by atoms with Crippen LogP contribution in [-0.2, 0) is 30.7 Å². The molecule has 0 saturated carbocycles. The number of nitrogens with one attached hydrogen (secondary N) is 3. The Morgan fingerprint density at radius 3 is 1.90 bits per heavy atom. The van der Waals surface area contributed by atoms with Crippen molar-refractivity contribution in [2.45, 2.75) is 64.9 Å². The highest BCUT2D eigenvalue weighted by Gasteiger charge is 2.15. The Kier molecular flexibility index (Phi) is 12.4. The Balaban J connectivity index is 0.936. The zero-order valence-electron chi connectivity index (χ0n) is 30.3. The van der Waals surface area contributed by atoms with Crippen LogP contribution >= 0.6 is 0 Å². The molecule has 0 radical (unpaired) electrons. The van der Waals surface area contributed by atoms with Crippen molar-refractivity contribution >= 4 is 5.91 Å². The van der Waals surface area contributed by atoms with Crippen LogP contribution in [0.15, 0.2) is 140 Å². The lowest BCUT2D eigenvalue weighted by atomic mass is 9.98. The standard InChI is InChI=1S/C45H49N5O2/c1-32(46-31-42(51)41-23-24-43(47-30-41)50-33(2)17-18-34(50)3)25-37-11-10-12-38(26-37)27-44(52)48-28-35-19-21-36(22-20-35)29-49-45(39-13-6-4-7-14-39)40-15-8-5-9-16-40/h4-24,26,30,32,42,45-46,49,51H,25,27-29,31H2,1-3H3,(H,48,52)/t32-,42+/m1/s1. The highest BCUT2D eigenvalue weighted by molar-refractivity contribution is 5.78. The van der Waals surface area contributed by atoms with Gasteiger partial charge in [-0.05, 0) is 78.8 Å². The molecule has 4 aromatic carbocycles. The first-order chi connectivity index (χ1) is 25.3. The molecule has 0 fully saturated rings. The summed E-state index contributed by atoms with van der Waals surface area (Å²) in [5.41, 5.74) is 9.87. The average Bonchev–Trinajstić information content (AvgIpc) is 3.51. The minimum absolute atomic E-state index is 0.00697. The fourth-order valence-corrected chi connectivity index (χ4v) is 6.64. The van der Waals surface area contributed by atoms with Crippen molar-refractivity contribution in [1.29, 1.82) is 0 Å². The van der Waals surface area contributed by atoms with Gasteiger partial charge in [-0.2, -0.15) is 0 Å². The van der Waals surface area contributed by atoms with Gasteiger partial charge in [0.1, 0.15) is 5.82 Å². The number of hydrogen-bond acceptors (Lipinski definition) is 5. The van der Waals surface area contributed by atoms with Crippen molar-refractivity contribution in [3.05, 3.63) is 190 Å². The number of amides is 1. The first kappa shape index (κ1) is 36.5. The topological polar surface area (TPSA) is 91.2 Å². The second kappa shape index (κ2) is 17.7. The molecular formula is C45H49N5O2. The Labute approximate surface area is 307 Å².